The number of urea groups is 1. The highest BCUT2D eigenvalue weighted by atomic mass is 16.5. The number of anilines is 2. The molecule has 5 N–H and O–H groups in total. The molecule has 166 valence electrons. The summed E-state index contributed by atoms with van der Waals surface area (Å²) in [5, 5.41) is 16.5. The molecule has 4 rings (SSSR count). The summed E-state index contributed by atoms with van der Waals surface area (Å²) in [5.41, 5.74) is 2.52. The summed E-state index contributed by atoms with van der Waals surface area (Å²) in [7, 11) is 1.51. The SMILES string of the molecule is COc1ccc(C(=O)NC(=O)Nc2ccc3c(c2)NC(=O)C3=Cc2ccc(C(=O)O)[nH]2)cc1. The molecule has 0 saturated heterocycles. The first-order valence-corrected chi connectivity index (χ1v) is 9.70. The smallest absolute Gasteiger partial charge is 0.352 e. The van der Waals surface area contributed by atoms with Gasteiger partial charge < -0.3 is 25.5 Å². The zero-order chi connectivity index (χ0) is 23.5. The molecule has 0 radical (unpaired) electrons. The molecular formula is C23H18N4O6. The molecule has 4 amide bonds. The van der Waals surface area contributed by atoms with Gasteiger partial charge in [-0.3, -0.25) is 14.9 Å². The number of imide groups is 1. The Balaban J connectivity index is 1.45. The van der Waals surface area contributed by atoms with Gasteiger partial charge in [-0.1, -0.05) is 6.07 Å². The minimum atomic E-state index is -1.10. The van der Waals surface area contributed by atoms with Crippen molar-refractivity contribution in [1.82, 2.24) is 10.3 Å². The minimum absolute atomic E-state index is 0.00947. The number of H-pyrrole nitrogens is 1. The average Bonchev–Trinajstić information content (AvgIpc) is 3.38. The Morgan fingerprint density at radius 2 is 1.79 bits per heavy atom. The molecule has 2 heterocycles. The summed E-state index contributed by atoms with van der Waals surface area (Å²) >= 11 is 0. The van der Waals surface area contributed by atoms with Gasteiger partial charge in [0.2, 0.25) is 0 Å². The number of fused-ring (bicyclic) bond motifs is 1. The Kier molecular flexibility index (Phi) is 5.64. The minimum Gasteiger partial charge on any atom is -0.497 e. The highest BCUT2D eigenvalue weighted by molar-refractivity contribution is 6.35. The number of aromatic amines is 1. The number of carbonyl (C=O) groups excluding carboxylic acids is 3. The van der Waals surface area contributed by atoms with Crippen LogP contribution in [0.25, 0.3) is 11.6 Å². The third-order valence-corrected chi connectivity index (χ3v) is 4.88. The highest BCUT2D eigenvalue weighted by Crippen LogP contribution is 2.35. The number of aromatic carboxylic acids is 1. The molecule has 0 fully saturated rings. The summed E-state index contributed by atoms with van der Waals surface area (Å²) in [4.78, 5) is 50.6. The lowest BCUT2D eigenvalue weighted by molar-refractivity contribution is -0.110. The second kappa shape index (κ2) is 8.71. The standard InChI is InChI=1S/C23H18N4O6/c1-33-15-6-2-12(3-7-15)20(28)27-23(32)25-14-4-8-16-17(21(29)26-19(16)11-14)10-13-5-9-18(24-13)22(30)31/h2-11,24H,1H3,(H,26,29)(H,30,31)(H2,25,27,28,32). The molecule has 0 saturated carbocycles. The number of ether oxygens (including phenoxy) is 1. The van der Waals surface area contributed by atoms with Crippen molar-refractivity contribution in [2.45, 2.75) is 0 Å². The van der Waals surface area contributed by atoms with Gasteiger partial charge >= 0.3 is 12.0 Å². The molecule has 0 bridgehead atoms. The zero-order valence-electron chi connectivity index (χ0n) is 17.3. The maximum absolute atomic E-state index is 12.4. The number of methoxy groups -OCH3 is 1. The summed E-state index contributed by atoms with van der Waals surface area (Å²) < 4.78 is 5.03. The van der Waals surface area contributed by atoms with Gasteiger partial charge in [0, 0.05) is 22.5 Å². The highest BCUT2D eigenvalue weighted by Gasteiger charge is 2.25. The van der Waals surface area contributed by atoms with Gasteiger partial charge in [-0.25, -0.2) is 9.59 Å². The maximum Gasteiger partial charge on any atom is 0.352 e. The van der Waals surface area contributed by atoms with Crippen LogP contribution in [0.4, 0.5) is 16.2 Å². The number of amides is 4. The summed E-state index contributed by atoms with van der Waals surface area (Å²) in [6.45, 7) is 0. The number of nitrogens with one attached hydrogen (secondary N) is 4. The Morgan fingerprint density at radius 1 is 1.03 bits per heavy atom. The lowest BCUT2D eigenvalue weighted by atomic mass is 10.1. The van der Waals surface area contributed by atoms with Crippen molar-refractivity contribution in [2.24, 2.45) is 0 Å². The van der Waals surface area contributed by atoms with Crippen LogP contribution in [0.1, 0.15) is 32.1 Å². The van der Waals surface area contributed by atoms with Crippen LogP contribution < -0.4 is 20.7 Å². The zero-order valence-corrected chi connectivity index (χ0v) is 17.3. The molecule has 10 heteroatoms. The molecule has 3 aromatic rings. The fourth-order valence-corrected chi connectivity index (χ4v) is 3.27. The van der Waals surface area contributed by atoms with Gasteiger partial charge in [-0.2, -0.15) is 0 Å². The van der Waals surface area contributed by atoms with Crippen molar-refractivity contribution >= 4 is 46.8 Å². The van der Waals surface area contributed by atoms with Crippen LogP contribution in [-0.2, 0) is 4.79 Å². The Hall–Kier alpha value is -4.86. The largest absolute Gasteiger partial charge is 0.497 e. The van der Waals surface area contributed by atoms with E-state index in [0.29, 0.717) is 34.0 Å². The first-order chi connectivity index (χ1) is 15.8. The van der Waals surface area contributed by atoms with Crippen molar-refractivity contribution in [3.8, 4) is 5.75 Å². The molecule has 0 unspecified atom stereocenters. The van der Waals surface area contributed by atoms with E-state index in [2.05, 4.69) is 20.9 Å². The van der Waals surface area contributed by atoms with Crippen LogP contribution in [0.3, 0.4) is 0 Å². The van der Waals surface area contributed by atoms with Crippen molar-refractivity contribution in [3.63, 3.8) is 0 Å². The first kappa shape index (κ1) is 21.4. The molecule has 10 nitrogen and oxygen atoms in total. The number of aromatic nitrogens is 1. The van der Waals surface area contributed by atoms with E-state index in [1.165, 1.54) is 25.3 Å². The molecule has 1 aliphatic rings. The molecule has 0 aliphatic carbocycles. The lowest BCUT2D eigenvalue weighted by Gasteiger charge is -2.08. The number of hydrogen-bond acceptors (Lipinski definition) is 5. The predicted octanol–water partition coefficient (Wildman–Crippen LogP) is 3.18. The quantitative estimate of drug-likeness (QED) is 0.380. The van der Waals surface area contributed by atoms with Crippen molar-refractivity contribution in [2.75, 3.05) is 17.7 Å². The average molecular weight is 446 g/mol. The van der Waals surface area contributed by atoms with Crippen LogP contribution in [0.5, 0.6) is 5.75 Å². The summed E-state index contributed by atoms with van der Waals surface area (Å²) in [6.07, 6.45) is 1.54. The van der Waals surface area contributed by atoms with E-state index in [9.17, 15) is 19.2 Å². The van der Waals surface area contributed by atoms with Crippen molar-refractivity contribution in [3.05, 3.63) is 77.1 Å². The molecule has 1 aliphatic heterocycles. The first-order valence-electron chi connectivity index (χ1n) is 9.70. The number of carboxylic acid groups (broad SMARTS) is 1. The fraction of sp³-hybridized carbons (Fsp3) is 0.0435. The monoisotopic (exact) mass is 446 g/mol. The van der Waals surface area contributed by atoms with E-state index in [1.54, 1.807) is 42.5 Å². The van der Waals surface area contributed by atoms with Gasteiger partial charge in [0.15, 0.2) is 0 Å². The number of benzene rings is 2. The molecular weight excluding hydrogens is 428 g/mol. The van der Waals surface area contributed by atoms with Crippen molar-refractivity contribution < 1.29 is 29.0 Å². The van der Waals surface area contributed by atoms with Crippen LogP contribution in [-0.4, -0.2) is 41.0 Å². The molecule has 2 aromatic carbocycles. The lowest BCUT2D eigenvalue weighted by Crippen LogP contribution is -2.34. The molecule has 33 heavy (non-hydrogen) atoms. The molecule has 0 spiro atoms. The Bertz CT molecular complexity index is 1310. The van der Waals surface area contributed by atoms with Crippen LogP contribution in [0.15, 0.2) is 54.6 Å². The second-order valence-electron chi connectivity index (χ2n) is 7.04. The van der Waals surface area contributed by atoms with Gasteiger partial charge in [0.05, 0.1) is 18.4 Å². The third-order valence-electron chi connectivity index (χ3n) is 4.88. The Morgan fingerprint density at radius 3 is 2.45 bits per heavy atom. The number of carboxylic acids is 1. The number of carbonyl (C=O) groups is 4. The van der Waals surface area contributed by atoms with Gasteiger partial charge in [-0.15, -0.1) is 0 Å². The van der Waals surface area contributed by atoms with Crippen LogP contribution >= 0.6 is 0 Å². The summed E-state index contributed by atoms with van der Waals surface area (Å²) in [6, 6.07) is 13.3. The fourth-order valence-electron chi connectivity index (χ4n) is 3.27. The van der Waals surface area contributed by atoms with Crippen LogP contribution in [0, 0.1) is 0 Å². The number of rotatable bonds is 5. The molecule has 0 atom stereocenters. The van der Waals surface area contributed by atoms with Gasteiger partial charge in [-0.05, 0) is 54.6 Å². The van der Waals surface area contributed by atoms with E-state index in [4.69, 9.17) is 9.84 Å². The van der Waals surface area contributed by atoms with Gasteiger partial charge in [0.25, 0.3) is 11.8 Å². The Labute approximate surface area is 187 Å². The van der Waals surface area contributed by atoms with E-state index in [0.717, 1.165) is 0 Å². The van der Waals surface area contributed by atoms with Crippen molar-refractivity contribution in [1.29, 1.82) is 0 Å². The maximum atomic E-state index is 12.4. The summed E-state index contributed by atoms with van der Waals surface area (Å²) in [5.74, 6) is -1.46. The van der Waals surface area contributed by atoms with E-state index >= 15 is 0 Å². The normalized spacial score (nSPS) is 13.2. The predicted molar refractivity (Wildman–Crippen MR) is 120 cm³/mol. The second-order valence-corrected chi connectivity index (χ2v) is 7.04. The third kappa shape index (κ3) is 4.59. The van der Waals surface area contributed by atoms with E-state index in [1.807, 2.05) is 0 Å². The number of hydrogen-bond donors (Lipinski definition) is 5. The molecule has 1 aromatic heterocycles. The van der Waals surface area contributed by atoms with E-state index in [-0.39, 0.29) is 17.2 Å². The van der Waals surface area contributed by atoms with Crippen LogP contribution in [0.2, 0.25) is 0 Å². The topological polar surface area (TPSA) is 150 Å². The van der Waals surface area contributed by atoms with Gasteiger partial charge in [0.1, 0.15) is 11.4 Å². The van der Waals surface area contributed by atoms with E-state index < -0.39 is 17.9 Å².